The van der Waals surface area contributed by atoms with Crippen molar-refractivity contribution in [3.63, 3.8) is 0 Å². The van der Waals surface area contributed by atoms with Crippen molar-refractivity contribution in [1.82, 2.24) is 9.88 Å². The lowest BCUT2D eigenvalue weighted by molar-refractivity contribution is 0.0476. The number of nitrogens with zero attached hydrogens (tertiary/aromatic N) is 2. The molecule has 1 saturated heterocycles. The number of halogens is 2. The maximum atomic E-state index is 12.4. The summed E-state index contributed by atoms with van der Waals surface area (Å²) in [6.07, 6.45) is 3.22. The van der Waals surface area contributed by atoms with Gasteiger partial charge in [-0.1, -0.05) is 23.2 Å². The minimum atomic E-state index is -0.355. The first-order chi connectivity index (χ1) is 13.5. The molecule has 28 heavy (non-hydrogen) atoms. The van der Waals surface area contributed by atoms with Crippen LogP contribution in [0.15, 0.2) is 40.8 Å². The van der Waals surface area contributed by atoms with E-state index in [0.717, 1.165) is 19.4 Å². The summed E-state index contributed by atoms with van der Waals surface area (Å²) in [5, 5.41) is 1.00. The van der Waals surface area contributed by atoms with Crippen molar-refractivity contribution < 1.29 is 13.9 Å². The zero-order valence-electron chi connectivity index (χ0n) is 15.5. The quantitative estimate of drug-likeness (QED) is 0.516. The van der Waals surface area contributed by atoms with Crippen LogP contribution in [-0.4, -0.2) is 42.1 Å². The van der Waals surface area contributed by atoms with Crippen molar-refractivity contribution in [1.29, 1.82) is 0 Å². The molecule has 4 rings (SSSR count). The zero-order valence-corrected chi connectivity index (χ0v) is 17.0. The van der Waals surface area contributed by atoms with Gasteiger partial charge in [-0.3, -0.25) is 0 Å². The minimum Gasteiger partial charge on any atom is -0.462 e. The molecule has 1 fully saturated rings. The lowest BCUT2D eigenvalue weighted by atomic mass is 10.1. The Hall–Kier alpha value is -2.08. The highest BCUT2D eigenvalue weighted by atomic mass is 35.5. The van der Waals surface area contributed by atoms with Gasteiger partial charge in [0.15, 0.2) is 5.58 Å². The van der Waals surface area contributed by atoms with Crippen LogP contribution in [0.1, 0.15) is 29.6 Å². The first kappa shape index (κ1) is 19.2. The molecule has 2 heterocycles. The Morgan fingerprint density at radius 3 is 2.75 bits per heavy atom. The first-order valence-electron chi connectivity index (χ1n) is 9.24. The smallest absolute Gasteiger partial charge is 0.338 e. The normalized spacial score (nSPS) is 17.3. The van der Waals surface area contributed by atoms with Gasteiger partial charge in [-0.25, -0.2) is 9.78 Å². The fourth-order valence-electron chi connectivity index (χ4n) is 3.57. The van der Waals surface area contributed by atoms with Crippen LogP contribution in [0.5, 0.6) is 0 Å². The Morgan fingerprint density at radius 1 is 1.25 bits per heavy atom. The molecule has 3 aromatic rings. The van der Waals surface area contributed by atoms with Crippen molar-refractivity contribution in [2.45, 2.75) is 25.3 Å². The highest BCUT2D eigenvalue weighted by molar-refractivity contribution is 6.35. The Bertz CT molecular complexity index is 998. The highest BCUT2D eigenvalue weighted by Crippen LogP contribution is 2.29. The van der Waals surface area contributed by atoms with Crippen LogP contribution < -0.4 is 0 Å². The monoisotopic (exact) mass is 418 g/mol. The van der Waals surface area contributed by atoms with Crippen LogP contribution in [0.2, 0.25) is 10.0 Å². The van der Waals surface area contributed by atoms with E-state index < -0.39 is 0 Å². The number of hydrogen-bond acceptors (Lipinski definition) is 5. The number of esters is 1. The second-order valence-corrected chi connectivity index (χ2v) is 7.93. The van der Waals surface area contributed by atoms with Crippen molar-refractivity contribution >= 4 is 40.3 Å². The van der Waals surface area contributed by atoms with E-state index in [1.165, 1.54) is 6.42 Å². The van der Waals surface area contributed by atoms with E-state index in [4.69, 9.17) is 32.4 Å². The molecule has 0 saturated carbocycles. The largest absolute Gasteiger partial charge is 0.462 e. The number of benzene rings is 2. The molecule has 0 spiro atoms. The Kier molecular flexibility index (Phi) is 5.58. The number of carbonyl (C=O) groups excluding carboxylic acids is 1. The van der Waals surface area contributed by atoms with Gasteiger partial charge < -0.3 is 14.1 Å². The molecule has 1 aliphatic rings. The lowest BCUT2D eigenvalue weighted by Gasteiger charge is -2.18. The summed E-state index contributed by atoms with van der Waals surface area (Å²) >= 11 is 12.1. The molecule has 0 N–H and O–H groups in total. The molecule has 7 heteroatoms. The molecule has 0 aliphatic carbocycles. The van der Waals surface area contributed by atoms with Gasteiger partial charge in [0.25, 0.3) is 0 Å². The van der Waals surface area contributed by atoms with E-state index in [1.54, 1.807) is 36.4 Å². The maximum absolute atomic E-state index is 12.4. The van der Waals surface area contributed by atoms with Crippen LogP contribution in [0, 0.1) is 0 Å². The number of likely N-dealkylation sites (tertiary alicyclic amines) is 1. The molecule has 5 nitrogen and oxygen atoms in total. The third kappa shape index (κ3) is 4.17. The van der Waals surface area contributed by atoms with E-state index in [2.05, 4.69) is 16.9 Å². The van der Waals surface area contributed by atoms with Crippen molar-refractivity contribution in [3.05, 3.63) is 52.0 Å². The average molecular weight is 419 g/mol. The fraction of sp³-hybridized carbons (Fsp3) is 0.333. The molecule has 1 atom stereocenters. The molecule has 1 unspecified atom stereocenters. The van der Waals surface area contributed by atoms with E-state index in [-0.39, 0.29) is 5.97 Å². The first-order valence-corrected chi connectivity index (χ1v) is 9.99. The van der Waals surface area contributed by atoms with Gasteiger partial charge in [0.2, 0.25) is 5.89 Å². The molecule has 0 bridgehead atoms. The van der Waals surface area contributed by atoms with E-state index in [0.29, 0.717) is 50.8 Å². The zero-order chi connectivity index (χ0) is 19.7. The fourth-order valence-corrected chi connectivity index (χ4v) is 4.09. The van der Waals surface area contributed by atoms with Crippen molar-refractivity contribution in [2.24, 2.45) is 0 Å². The highest BCUT2D eigenvalue weighted by Gasteiger charge is 2.21. The number of ether oxygens (including phenoxy) is 1. The second-order valence-electron chi connectivity index (χ2n) is 7.06. The van der Waals surface area contributed by atoms with Gasteiger partial charge in [-0.15, -0.1) is 0 Å². The summed E-state index contributed by atoms with van der Waals surface area (Å²) in [4.78, 5) is 19.1. The number of rotatable bonds is 5. The standard InChI is InChI=1S/C21H20Cl2N2O3/c1-25-7-2-3-17(25)6-8-27-21(26)13-4-5-18-19(11-13)28-20(24-18)14-9-15(22)12-16(23)10-14/h4-5,9-12,17H,2-3,6-8H2,1H3. The second kappa shape index (κ2) is 8.11. The average Bonchev–Trinajstić information content (AvgIpc) is 3.26. The summed E-state index contributed by atoms with van der Waals surface area (Å²) in [5.74, 6) is 0.0421. The lowest BCUT2D eigenvalue weighted by Crippen LogP contribution is -2.26. The maximum Gasteiger partial charge on any atom is 0.338 e. The number of hydrogen-bond donors (Lipinski definition) is 0. The van der Waals surface area contributed by atoms with Gasteiger partial charge in [0.1, 0.15) is 5.52 Å². The SMILES string of the molecule is CN1CCCC1CCOC(=O)c1ccc2nc(-c3cc(Cl)cc(Cl)c3)oc2c1. The number of fused-ring (bicyclic) bond motifs is 1. The van der Waals surface area contributed by atoms with Gasteiger partial charge in [-0.05, 0) is 69.3 Å². The summed E-state index contributed by atoms with van der Waals surface area (Å²) in [5.41, 5.74) is 2.28. The van der Waals surface area contributed by atoms with Crippen LogP contribution in [0.25, 0.3) is 22.6 Å². The number of aromatic nitrogens is 1. The van der Waals surface area contributed by atoms with Gasteiger partial charge in [0.05, 0.1) is 12.2 Å². The molecular formula is C21H20Cl2N2O3. The van der Waals surface area contributed by atoms with Crippen molar-refractivity contribution in [2.75, 3.05) is 20.2 Å². The van der Waals surface area contributed by atoms with Gasteiger partial charge in [0, 0.05) is 21.7 Å². The van der Waals surface area contributed by atoms with Crippen molar-refractivity contribution in [3.8, 4) is 11.5 Å². The summed E-state index contributed by atoms with van der Waals surface area (Å²) in [7, 11) is 2.11. The topological polar surface area (TPSA) is 55.6 Å². The molecule has 2 aromatic carbocycles. The van der Waals surface area contributed by atoms with Crippen LogP contribution in [0.4, 0.5) is 0 Å². The molecular weight excluding hydrogens is 399 g/mol. The van der Waals surface area contributed by atoms with Gasteiger partial charge >= 0.3 is 5.97 Å². The summed E-state index contributed by atoms with van der Waals surface area (Å²) < 4.78 is 11.3. The van der Waals surface area contributed by atoms with Crippen LogP contribution in [0.3, 0.4) is 0 Å². The van der Waals surface area contributed by atoms with Gasteiger partial charge in [-0.2, -0.15) is 0 Å². The van der Waals surface area contributed by atoms with Crippen LogP contribution in [-0.2, 0) is 4.74 Å². The van der Waals surface area contributed by atoms with E-state index >= 15 is 0 Å². The number of carbonyl (C=O) groups is 1. The summed E-state index contributed by atoms with van der Waals surface area (Å²) in [6.45, 7) is 1.52. The van der Waals surface area contributed by atoms with E-state index in [1.807, 2.05) is 0 Å². The molecule has 1 aliphatic heterocycles. The molecule has 0 radical (unpaired) electrons. The predicted molar refractivity (Wildman–Crippen MR) is 110 cm³/mol. The summed E-state index contributed by atoms with van der Waals surface area (Å²) in [6, 6.07) is 10.7. The Morgan fingerprint density at radius 2 is 2.04 bits per heavy atom. The molecule has 146 valence electrons. The Balaban J connectivity index is 1.47. The predicted octanol–water partition coefficient (Wildman–Crippen LogP) is 5.44. The minimum absolute atomic E-state index is 0.355. The third-order valence-corrected chi connectivity index (χ3v) is 5.53. The van der Waals surface area contributed by atoms with Crippen LogP contribution >= 0.6 is 23.2 Å². The van der Waals surface area contributed by atoms with E-state index in [9.17, 15) is 4.79 Å². The number of oxazole rings is 1. The third-order valence-electron chi connectivity index (χ3n) is 5.09. The molecule has 1 aromatic heterocycles. The molecule has 0 amide bonds. The Labute approximate surface area is 173 Å².